The molecule has 0 aliphatic rings. The minimum atomic E-state index is 1.06. The van der Waals surface area contributed by atoms with Gasteiger partial charge in [0.15, 0.2) is 0 Å². The van der Waals surface area contributed by atoms with E-state index in [2.05, 4.69) is 74.2 Å². The summed E-state index contributed by atoms with van der Waals surface area (Å²) < 4.78 is 0. The standard InChI is InChI=1S/C16H14.4C2H6/c1-13-3-7-15(8-4-13)11-12-16-9-5-14(2)6-10-16;4*1-2/h3-10H,1-2H3;4*1-2H3. The van der Waals surface area contributed by atoms with Crippen molar-refractivity contribution in [1.82, 2.24) is 0 Å². The zero-order valence-corrected chi connectivity index (χ0v) is 17.6. The zero-order chi connectivity index (χ0) is 19.4. The Morgan fingerprint density at radius 2 is 0.625 bits per heavy atom. The number of hydrogen-bond acceptors (Lipinski definition) is 0. The van der Waals surface area contributed by atoms with Crippen molar-refractivity contribution in [2.45, 2.75) is 69.2 Å². The van der Waals surface area contributed by atoms with Crippen molar-refractivity contribution < 1.29 is 0 Å². The van der Waals surface area contributed by atoms with E-state index in [1.165, 1.54) is 11.1 Å². The maximum absolute atomic E-state index is 3.16. The average Bonchev–Trinajstić information content (AvgIpc) is 2.69. The second-order valence-corrected chi connectivity index (χ2v) is 3.98. The van der Waals surface area contributed by atoms with Crippen molar-refractivity contribution in [2.24, 2.45) is 0 Å². The van der Waals surface area contributed by atoms with Gasteiger partial charge >= 0.3 is 0 Å². The van der Waals surface area contributed by atoms with Gasteiger partial charge in [-0.15, -0.1) is 0 Å². The summed E-state index contributed by atoms with van der Waals surface area (Å²) in [7, 11) is 0. The zero-order valence-electron chi connectivity index (χ0n) is 17.6. The smallest absolute Gasteiger partial charge is 0.0249 e. The number of rotatable bonds is 0. The van der Waals surface area contributed by atoms with Crippen LogP contribution in [0.2, 0.25) is 0 Å². The molecule has 0 aliphatic heterocycles. The Balaban J connectivity index is -0.000000484. The van der Waals surface area contributed by atoms with Gasteiger partial charge in [0.05, 0.1) is 0 Å². The van der Waals surface area contributed by atoms with Crippen molar-refractivity contribution >= 4 is 0 Å². The molecule has 2 rings (SSSR count). The minimum Gasteiger partial charge on any atom is -0.0683 e. The molecule has 0 saturated carbocycles. The van der Waals surface area contributed by atoms with Crippen molar-refractivity contribution in [3.8, 4) is 11.8 Å². The molecule has 0 spiro atoms. The molecule has 0 unspecified atom stereocenters. The first-order valence-electron chi connectivity index (χ1n) is 9.39. The molecular weight excluding hydrogens is 288 g/mol. The maximum atomic E-state index is 3.16. The van der Waals surface area contributed by atoms with E-state index < -0.39 is 0 Å². The van der Waals surface area contributed by atoms with E-state index in [0.29, 0.717) is 0 Å². The van der Waals surface area contributed by atoms with Gasteiger partial charge in [0.25, 0.3) is 0 Å². The van der Waals surface area contributed by atoms with Crippen molar-refractivity contribution in [3.05, 3.63) is 70.8 Å². The van der Waals surface area contributed by atoms with Crippen LogP contribution in [0, 0.1) is 25.7 Å². The number of hydrogen-bond donors (Lipinski definition) is 0. The summed E-state index contributed by atoms with van der Waals surface area (Å²) in [5, 5.41) is 0. The monoisotopic (exact) mass is 326 g/mol. The highest BCUT2D eigenvalue weighted by molar-refractivity contribution is 5.43. The topological polar surface area (TPSA) is 0 Å². The molecule has 2 aromatic carbocycles. The molecule has 0 fully saturated rings. The Morgan fingerprint density at radius 3 is 0.833 bits per heavy atom. The van der Waals surface area contributed by atoms with Crippen molar-refractivity contribution in [3.63, 3.8) is 0 Å². The molecule has 2 aromatic rings. The Hall–Kier alpha value is -2.00. The van der Waals surface area contributed by atoms with Crippen LogP contribution in [0.5, 0.6) is 0 Å². The molecule has 0 heteroatoms. The van der Waals surface area contributed by atoms with Gasteiger partial charge in [0.2, 0.25) is 0 Å². The van der Waals surface area contributed by atoms with Crippen LogP contribution < -0.4 is 0 Å². The van der Waals surface area contributed by atoms with Gasteiger partial charge in [-0.2, -0.15) is 0 Å². The van der Waals surface area contributed by atoms with Gasteiger partial charge in [-0.1, -0.05) is 103 Å². The summed E-state index contributed by atoms with van der Waals surface area (Å²) in [6.07, 6.45) is 0. The lowest BCUT2D eigenvalue weighted by atomic mass is 10.1. The first kappa shape index (κ1) is 26.9. The average molecular weight is 327 g/mol. The highest BCUT2D eigenvalue weighted by Crippen LogP contribution is 2.03. The molecule has 0 heterocycles. The number of aryl methyl sites for hydroxylation is 2. The van der Waals surface area contributed by atoms with Crippen LogP contribution in [0.1, 0.15) is 77.6 Å². The van der Waals surface area contributed by atoms with E-state index in [0.717, 1.165) is 11.1 Å². The fourth-order valence-corrected chi connectivity index (χ4v) is 1.42. The van der Waals surface area contributed by atoms with Gasteiger partial charge in [-0.25, -0.2) is 0 Å². The third-order valence-corrected chi connectivity index (χ3v) is 2.45. The van der Waals surface area contributed by atoms with Gasteiger partial charge < -0.3 is 0 Å². The Kier molecular flexibility index (Phi) is 23.5. The molecule has 0 N–H and O–H groups in total. The summed E-state index contributed by atoms with van der Waals surface area (Å²) >= 11 is 0. The van der Waals surface area contributed by atoms with E-state index in [1.807, 2.05) is 55.4 Å². The molecule has 0 nitrogen and oxygen atoms in total. The fourth-order valence-electron chi connectivity index (χ4n) is 1.42. The van der Waals surface area contributed by atoms with E-state index in [4.69, 9.17) is 0 Å². The van der Waals surface area contributed by atoms with Gasteiger partial charge in [-0.3, -0.25) is 0 Å². The highest BCUT2D eigenvalue weighted by Gasteiger charge is 1.88. The summed E-state index contributed by atoms with van der Waals surface area (Å²) in [5.74, 6) is 6.32. The van der Waals surface area contributed by atoms with Crippen LogP contribution in [0.3, 0.4) is 0 Å². The molecule has 0 amide bonds. The van der Waals surface area contributed by atoms with Crippen LogP contribution in [0.15, 0.2) is 48.5 Å². The predicted molar refractivity (Wildman–Crippen MR) is 114 cm³/mol. The SMILES string of the molecule is CC.CC.CC.CC.Cc1ccc(C#Cc2ccc(C)cc2)cc1. The van der Waals surface area contributed by atoms with E-state index >= 15 is 0 Å². The molecule has 24 heavy (non-hydrogen) atoms. The fraction of sp³-hybridized carbons (Fsp3) is 0.417. The Labute approximate surface area is 152 Å². The van der Waals surface area contributed by atoms with Crippen LogP contribution in [0.25, 0.3) is 0 Å². The molecule has 0 bridgehead atoms. The maximum Gasteiger partial charge on any atom is 0.0249 e. The minimum absolute atomic E-state index is 1.06. The third kappa shape index (κ3) is 13.6. The second-order valence-electron chi connectivity index (χ2n) is 3.98. The van der Waals surface area contributed by atoms with E-state index in [1.54, 1.807) is 0 Å². The number of benzene rings is 2. The van der Waals surface area contributed by atoms with Gasteiger partial charge in [0.1, 0.15) is 0 Å². The molecule has 0 atom stereocenters. The molecule has 0 aliphatic carbocycles. The highest BCUT2D eigenvalue weighted by atomic mass is 13.9. The van der Waals surface area contributed by atoms with Crippen LogP contribution in [-0.2, 0) is 0 Å². The van der Waals surface area contributed by atoms with Crippen LogP contribution in [-0.4, -0.2) is 0 Å². The summed E-state index contributed by atoms with van der Waals surface area (Å²) in [4.78, 5) is 0. The molecule has 0 saturated heterocycles. The second kappa shape index (κ2) is 21.0. The lowest BCUT2D eigenvalue weighted by molar-refractivity contribution is 1.45. The lowest BCUT2D eigenvalue weighted by Crippen LogP contribution is -1.77. The summed E-state index contributed by atoms with van der Waals surface area (Å²) in [5.41, 5.74) is 4.65. The van der Waals surface area contributed by atoms with Crippen molar-refractivity contribution in [2.75, 3.05) is 0 Å². The first-order chi connectivity index (χ1) is 11.7. The third-order valence-electron chi connectivity index (χ3n) is 2.45. The van der Waals surface area contributed by atoms with Crippen molar-refractivity contribution in [1.29, 1.82) is 0 Å². The molecular formula is C24H38. The molecule has 0 aromatic heterocycles. The Bertz CT molecular complexity index is 469. The molecule has 0 radical (unpaired) electrons. The largest absolute Gasteiger partial charge is 0.0683 e. The van der Waals surface area contributed by atoms with Crippen LogP contribution >= 0.6 is 0 Å². The van der Waals surface area contributed by atoms with Gasteiger partial charge in [-0.05, 0) is 38.1 Å². The summed E-state index contributed by atoms with van der Waals surface area (Å²) in [6, 6.07) is 16.5. The summed E-state index contributed by atoms with van der Waals surface area (Å²) in [6.45, 7) is 20.2. The quantitative estimate of drug-likeness (QED) is 0.433. The predicted octanol–water partition coefficient (Wildman–Crippen LogP) is 7.81. The molecule has 134 valence electrons. The van der Waals surface area contributed by atoms with E-state index in [-0.39, 0.29) is 0 Å². The Morgan fingerprint density at radius 1 is 0.417 bits per heavy atom. The first-order valence-corrected chi connectivity index (χ1v) is 9.39. The lowest BCUT2D eigenvalue weighted by Gasteiger charge is -1.93. The van der Waals surface area contributed by atoms with Crippen LogP contribution in [0.4, 0.5) is 0 Å². The van der Waals surface area contributed by atoms with E-state index in [9.17, 15) is 0 Å². The normalized spacial score (nSPS) is 7.25. The van der Waals surface area contributed by atoms with Gasteiger partial charge in [0, 0.05) is 11.1 Å².